The molecule has 1 saturated carbocycles. The van der Waals surface area contributed by atoms with Gasteiger partial charge in [0.15, 0.2) is 0 Å². The molecule has 208 valence electrons. The van der Waals surface area contributed by atoms with Crippen LogP contribution in [0.5, 0.6) is 5.75 Å². The lowest BCUT2D eigenvalue weighted by molar-refractivity contribution is -0.141. The number of carbonyl (C=O) groups excluding carboxylic acids is 1. The van der Waals surface area contributed by atoms with E-state index in [9.17, 15) is 23.5 Å². The molecular weight excluding hydrogens is 560 g/mol. The zero-order valence-corrected chi connectivity index (χ0v) is 23.3. The number of halogens is 3. The summed E-state index contributed by atoms with van der Waals surface area (Å²) in [4.78, 5) is 25.0. The van der Waals surface area contributed by atoms with Crippen LogP contribution in [0.3, 0.4) is 0 Å². The molecular formula is C30H26ClF2NO5S. The van der Waals surface area contributed by atoms with Gasteiger partial charge in [0.1, 0.15) is 23.5 Å². The van der Waals surface area contributed by atoms with Gasteiger partial charge in [-0.1, -0.05) is 41.5 Å². The van der Waals surface area contributed by atoms with Gasteiger partial charge in [-0.3, -0.25) is 10.1 Å². The van der Waals surface area contributed by atoms with Gasteiger partial charge in [0.25, 0.3) is 0 Å². The summed E-state index contributed by atoms with van der Waals surface area (Å²) in [5.41, 5.74) is 3.43. The van der Waals surface area contributed by atoms with Gasteiger partial charge >= 0.3 is 12.1 Å². The van der Waals surface area contributed by atoms with E-state index in [1.54, 1.807) is 13.2 Å². The SMILES string of the molecule is COc1cc(-c2sc(Cl)cc2NC(=O)O[C@H](C)c2ccc(F)cc2F)ccc1C1=CC=C(C2(C(=O)O)CC2)CC1. The highest BCUT2D eigenvalue weighted by Crippen LogP contribution is 2.55. The fraction of sp³-hybridized carbons (Fsp3) is 0.267. The van der Waals surface area contributed by atoms with E-state index < -0.39 is 35.2 Å². The first-order valence-corrected chi connectivity index (χ1v) is 13.8. The third-order valence-corrected chi connectivity index (χ3v) is 8.67. The highest BCUT2D eigenvalue weighted by atomic mass is 35.5. The summed E-state index contributed by atoms with van der Waals surface area (Å²) < 4.78 is 38.8. The smallest absolute Gasteiger partial charge is 0.412 e. The average molecular weight is 586 g/mol. The Morgan fingerprint density at radius 2 is 1.88 bits per heavy atom. The lowest BCUT2D eigenvalue weighted by Crippen LogP contribution is -2.18. The number of thiophene rings is 1. The first-order chi connectivity index (χ1) is 19.1. The minimum absolute atomic E-state index is 0.0506. The second-order valence-corrected chi connectivity index (χ2v) is 11.5. The van der Waals surface area contributed by atoms with Crippen molar-refractivity contribution in [3.63, 3.8) is 0 Å². The zero-order chi connectivity index (χ0) is 28.6. The van der Waals surface area contributed by atoms with Gasteiger partial charge in [-0.25, -0.2) is 13.6 Å². The van der Waals surface area contributed by atoms with Gasteiger partial charge in [0.05, 0.1) is 27.4 Å². The van der Waals surface area contributed by atoms with E-state index >= 15 is 0 Å². The standard InChI is InChI=1S/C30H26ClF2NO5S/c1-16(21-10-8-20(32)14-23(21)33)39-29(37)34-24-15-26(31)40-27(24)18-5-9-22(25(13-18)38-2)17-3-6-19(7-4-17)30(11-12-30)28(35)36/h3,5-6,8-10,13-16H,4,7,11-12H2,1-2H3,(H,34,37)(H,35,36)/t16-/m1/s1. The summed E-state index contributed by atoms with van der Waals surface area (Å²) >= 11 is 7.55. The molecule has 40 heavy (non-hydrogen) atoms. The molecule has 0 bridgehead atoms. The summed E-state index contributed by atoms with van der Waals surface area (Å²) in [6.45, 7) is 1.49. The molecule has 2 aliphatic rings. The van der Waals surface area contributed by atoms with Crippen molar-refractivity contribution in [2.24, 2.45) is 5.41 Å². The number of allylic oxidation sites excluding steroid dienone is 3. The number of nitrogens with one attached hydrogen (secondary N) is 1. The molecule has 6 nitrogen and oxygen atoms in total. The highest BCUT2D eigenvalue weighted by Gasteiger charge is 2.52. The minimum Gasteiger partial charge on any atom is -0.496 e. The molecule has 10 heteroatoms. The number of carbonyl (C=O) groups is 2. The van der Waals surface area contributed by atoms with Gasteiger partial charge < -0.3 is 14.6 Å². The van der Waals surface area contributed by atoms with E-state index in [-0.39, 0.29) is 5.56 Å². The van der Waals surface area contributed by atoms with Crippen molar-refractivity contribution < 1.29 is 33.0 Å². The first kappa shape index (κ1) is 27.9. The Bertz CT molecular complexity index is 1560. The number of hydrogen-bond acceptors (Lipinski definition) is 5. The maximum Gasteiger partial charge on any atom is 0.412 e. The summed E-state index contributed by atoms with van der Waals surface area (Å²) in [6, 6.07) is 10.3. The average Bonchev–Trinajstić information content (AvgIpc) is 3.66. The maximum absolute atomic E-state index is 14.1. The summed E-state index contributed by atoms with van der Waals surface area (Å²) in [5, 5.41) is 12.3. The van der Waals surface area contributed by atoms with Gasteiger partial charge in [0, 0.05) is 17.2 Å². The van der Waals surface area contributed by atoms with Crippen LogP contribution >= 0.6 is 22.9 Å². The molecule has 1 aromatic heterocycles. The topological polar surface area (TPSA) is 84.9 Å². The molecule has 0 unspecified atom stereocenters. The third kappa shape index (κ3) is 5.48. The van der Waals surface area contributed by atoms with Crippen LogP contribution in [0.2, 0.25) is 4.34 Å². The zero-order valence-electron chi connectivity index (χ0n) is 21.7. The van der Waals surface area contributed by atoms with Crippen LogP contribution < -0.4 is 10.1 Å². The highest BCUT2D eigenvalue weighted by molar-refractivity contribution is 7.20. The Labute approximate surface area is 238 Å². The third-order valence-electron chi connectivity index (χ3n) is 7.36. The van der Waals surface area contributed by atoms with Crippen LogP contribution in [0.15, 0.2) is 60.2 Å². The fourth-order valence-electron chi connectivity index (χ4n) is 5.02. The summed E-state index contributed by atoms with van der Waals surface area (Å²) in [6.07, 6.45) is 4.87. The number of carboxylic acid groups (broad SMARTS) is 1. The molecule has 1 amide bonds. The molecule has 0 spiro atoms. The first-order valence-electron chi connectivity index (χ1n) is 12.7. The van der Waals surface area contributed by atoms with Crippen molar-refractivity contribution in [1.29, 1.82) is 0 Å². The van der Waals surface area contributed by atoms with Gasteiger partial charge in [0.2, 0.25) is 0 Å². The number of rotatable bonds is 8. The molecule has 1 fully saturated rings. The number of carboxylic acids is 1. The van der Waals surface area contributed by atoms with Crippen LogP contribution in [0.1, 0.15) is 49.8 Å². The monoisotopic (exact) mass is 585 g/mol. The predicted octanol–water partition coefficient (Wildman–Crippen LogP) is 8.63. The predicted molar refractivity (Wildman–Crippen MR) is 151 cm³/mol. The minimum atomic E-state index is -0.957. The molecule has 1 heterocycles. The lowest BCUT2D eigenvalue weighted by atomic mass is 9.84. The number of benzene rings is 2. The Morgan fingerprint density at radius 1 is 1.10 bits per heavy atom. The van der Waals surface area contributed by atoms with Crippen LogP contribution in [0.4, 0.5) is 19.3 Å². The molecule has 0 aliphatic heterocycles. The van der Waals surface area contributed by atoms with Gasteiger partial charge in [-0.2, -0.15) is 0 Å². The van der Waals surface area contributed by atoms with Crippen LogP contribution in [0.25, 0.3) is 16.0 Å². The van der Waals surface area contributed by atoms with E-state index in [0.29, 0.717) is 46.3 Å². The van der Waals surface area contributed by atoms with Gasteiger partial charge in [-0.15, -0.1) is 11.3 Å². The normalized spacial score (nSPS) is 16.4. The fourth-order valence-corrected chi connectivity index (χ4v) is 6.20. The van der Waals surface area contributed by atoms with Crippen molar-refractivity contribution in [3.8, 4) is 16.2 Å². The molecule has 5 rings (SSSR count). The number of hydrogen-bond donors (Lipinski definition) is 2. The summed E-state index contributed by atoms with van der Waals surface area (Å²) in [7, 11) is 1.57. The maximum atomic E-state index is 14.1. The number of amides is 1. The quantitative estimate of drug-likeness (QED) is 0.276. The lowest BCUT2D eigenvalue weighted by Gasteiger charge is -2.21. The van der Waals surface area contributed by atoms with E-state index in [4.69, 9.17) is 21.1 Å². The van der Waals surface area contributed by atoms with Crippen LogP contribution in [0, 0.1) is 17.0 Å². The molecule has 0 saturated heterocycles. The van der Waals surface area contributed by atoms with E-state index in [2.05, 4.69) is 5.32 Å². The second-order valence-electron chi connectivity index (χ2n) is 9.82. The van der Waals surface area contributed by atoms with E-state index in [1.807, 2.05) is 30.4 Å². The Kier molecular flexibility index (Phi) is 7.70. The Balaban J connectivity index is 1.35. The number of ether oxygens (including phenoxy) is 2. The Morgan fingerprint density at radius 3 is 2.50 bits per heavy atom. The van der Waals surface area contributed by atoms with Gasteiger partial charge in [-0.05, 0) is 68.0 Å². The molecule has 2 N–H and O–H groups in total. The van der Waals surface area contributed by atoms with Crippen molar-refractivity contribution in [2.75, 3.05) is 12.4 Å². The van der Waals surface area contributed by atoms with Crippen molar-refractivity contribution in [3.05, 3.63) is 87.3 Å². The summed E-state index contributed by atoms with van der Waals surface area (Å²) in [5.74, 6) is -1.65. The van der Waals surface area contributed by atoms with Crippen molar-refractivity contribution in [2.45, 2.75) is 38.7 Å². The number of anilines is 1. The largest absolute Gasteiger partial charge is 0.496 e. The van der Waals surface area contributed by atoms with Crippen molar-refractivity contribution >= 4 is 46.3 Å². The Hall–Kier alpha value is -3.69. The molecule has 2 aliphatic carbocycles. The number of aliphatic carboxylic acids is 1. The van der Waals surface area contributed by atoms with E-state index in [1.165, 1.54) is 24.3 Å². The number of methoxy groups -OCH3 is 1. The molecule has 3 aromatic rings. The molecule has 2 aromatic carbocycles. The molecule has 1 atom stereocenters. The van der Waals surface area contributed by atoms with Crippen LogP contribution in [-0.2, 0) is 9.53 Å². The molecule has 0 radical (unpaired) electrons. The van der Waals surface area contributed by atoms with Crippen LogP contribution in [-0.4, -0.2) is 24.3 Å². The van der Waals surface area contributed by atoms with E-state index in [0.717, 1.165) is 34.4 Å². The van der Waals surface area contributed by atoms with Crippen molar-refractivity contribution in [1.82, 2.24) is 0 Å². The second kappa shape index (κ2) is 11.1.